The van der Waals surface area contributed by atoms with E-state index in [-0.39, 0.29) is 41.3 Å². The summed E-state index contributed by atoms with van der Waals surface area (Å²) in [6.45, 7) is 5.21. The Bertz CT molecular complexity index is 1050. The van der Waals surface area contributed by atoms with Crippen molar-refractivity contribution < 1.29 is 31.8 Å². The van der Waals surface area contributed by atoms with Crippen molar-refractivity contribution in [3.8, 4) is 16.9 Å². The third-order valence-corrected chi connectivity index (χ3v) is 7.36. The summed E-state index contributed by atoms with van der Waals surface area (Å²) in [6.07, 6.45) is 9.27. The van der Waals surface area contributed by atoms with Crippen LogP contribution in [0.5, 0.6) is 5.75 Å². The van der Waals surface area contributed by atoms with Gasteiger partial charge in [0.25, 0.3) is 0 Å². The molecule has 0 aliphatic carbocycles. The molecular formula is C29H34F4O3. The number of ether oxygens (including phenoxy) is 3. The van der Waals surface area contributed by atoms with Gasteiger partial charge in [-0.2, -0.15) is 4.39 Å². The van der Waals surface area contributed by atoms with Crippen LogP contribution in [-0.4, -0.2) is 32.0 Å². The molecule has 196 valence electrons. The Morgan fingerprint density at radius 2 is 1.50 bits per heavy atom. The van der Waals surface area contributed by atoms with Gasteiger partial charge in [-0.25, -0.2) is 13.2 Å². The standard InChI is InChI=1S/C29H34F4O3/c1-3-5-21-11-7-19(16-35-21)20-8-12-22(36-17-20)10-6-18-9-13-23(27(31)26(18)30)24-14-15-25(34-4-2)29(33)28(24)32/h3,5,9,13-15,19-22H,4,6-8,10-12,16-17H2,1-2H3. The molecule has 2 heterocycles. The van der Waals surface area contributed by atoms with Crippen LogP contribution in [-0.2, 0) is 15.9 Å². The monoisotopic (exact) mass is 506 g/mol. The van der Waals surface area contributed by atoms with Crippen LogP contribution in [0.15, 0.2) is 36.4 Å². The van der Waals surface area contributed by atoms with Gasteiger partial charge in [0.1, 0.15) is 0 Å². The Hall–Kier alpha value is -2.38. The van der Waals surface area contributed by atoms with E-state index in [1.165, 1.54) is 24.3 Å². The minimum absolute atomic E-state index is 0.0127. The van der Waals surface area contributed by atoms with Gasteiger partial charge in [-0.05, 0) is 81.9 Å². The highest BCUT2D eigenvalue weighted by Crippen LogP contribution is 2.35. The van der Waals surface area contributed by atoms with E-state index in [9.17, 15) is 17.6 Å². The Balaban J connectivity index is 1.33. The normalized spacial score (nSPS) is 24.8. The van der Waals surface area contributed by atoms with Crippen molar-refractivity contribution in [3.63, 3.8) is 0 Å². The van der Waals surface area contributed by atoms with E-state index in [0.717, 1.165) is 32.3 Å². The zero-order valence-corrected chi connectivity index (χ0v) is 20.9. The van der Waals surface area contributed by atoms with E-state index in [2.05, 4.69) is 6.08 Å². The number of allylic oxidation sites excluding steroid dienone is 1. The maximum Gasteiger partial charge on any atom is 0.201 e. The molecule has 3 nitrogen and oxygen atoms in total. The molecule has 36 heavy (non-hydrogen) atoms. The summed E-state index contributed by atoms with van der Waals surface area (Å²) in [6, 6.07) is 5.16. The first kappa shape index (κ1) is 26.7. The molecule has 2 saturated heterocycles. The van der Waals surface area contributed by atoms with E-state index in [1.54, 1.807) is 6.92 Å². The molecular weight excluding hydrogens is 472 g/mol. The lowest BCUT2D eigenvalue weighted by Crippen LogP contribution is -2.36. The first-order chi connectivity index (χ1) is 17.4. The predicted octanol–water partition coefficient (Wildman–Crippen LogP) is 7.41. The summed E-state index contributed by atoms with van der Waals surface area (Å²) in [5.74, 6) is -4.01. The summed E-state index contributed by atoms with van der Waals surface area (Å²) < 4.78 is 75.5. The fraction of sp³-hybridized carbons (Fsp3) is 0.517. The molecule has 0 saturated carbocycles. The second-order valence-corrected chi connectivity index (χ2v) is 9.64. The maximum atomic E-state index is 14.9. The topological polar surface area (TPSA) is 27.7 Å². The van der Waals surface area contributed by atoms with E-state index in [0.29, 0.717) is 31.3 Å². The third kappa shape index (κ3) is 5.94. The van der Waals surface area contributed by atoms with Gasteiger partial charge in [-0.1, -0.05) is 24.3 Å². The molecule has 0 bridgehead atoms. The molecule has 0 N–H and O–H groups in total. The molecule has 4 atom stereocenters. The number of hydrogen-bond donors (Lipinski definition) is 0. The van der Waals surface area contributed by atoms with Gasteiger partial charge in [0.15, 0.2) is 23.2 Å². The van der Waals surface area contributed by atoms with Crippen molar-refractivity contribution in [2.24, 2.45) is 11.8 Å². The minimum atomic E-state index is -1.27. The number of rotatable bonds is 8. The number of halogens is 4. The van der Waals surface area contributed by atoms with Crippen LogP contribution in [0, 0.1) is 35.1 Å². The first-order valence-electron chi connectivity index (χ1n) is 12.9. The molecule has 2 fully saturated rings. The van der Waals surface area contributed by atoms with E-state index in [4.69, 9.17) is 14.2 Å². The lowest BCUT2D eigenvalue weighted by atomic mass is 9.81. The summed E-state index contributed by atoms with van der Waals surface area (Å²) in [5.41, 5.74) is -0.465. The van der Waals surface area contributed by atoms with E-state index in [1.807, 2.05) is 13.0 Å². The molecule has 0 amide bonds. The summed E-state index contributed by atoms with van der Waals surface area (Å²) in [5, 5.41) is 0. The third-order valence-electron chi connectivity index (χ3n) is 7.36. The van der Waals surface area contributed by atoms with Gasteiger partial charge in [0.2, 0.25) is 5.82 Å². The molecule has 2 aromatic rings. The quantitative estimate of drug-likeness (QED) is 0.276. The average Bonchev–Trinajstić information content (AvgIpc) is 2.89. The molecule has 2 aromatic carbocycles. The highest BCUT2D eigenvalue weighted by Gasteiger charge is 2.31. The second-order valence-electron chi connectivity index (χ2n) is 9.64. The Morgan fingerprint density at radius 1 is 0.833 bits per heavy atom. The molecule has 0 aromatic heterocycles. The number of hydrogen-bond acceptors (Lipinski definition) is 3. The second kappa shape index (κ2) is 12.2. The van der Waals surface area contributed by atoms with Crippen LogP contribution in [0.2, 0.25) is 0 Å². The average molecular weight is 507 g/mol. The SMILES string of the molecule is CC=CC1CCC(C2CCC(CCc3ccc(-c4ccc(OCC)c(F)c4F)c(F)c3F)OC2)CO1. The van der Waals surface area contributed by atoms with Crippen LogP contribution in [0.25, 0.3) is 11.1 Å². The molecule has 0 spiro atoms. The fourth-order valence-corrected chi connectivity index (χ4v) is 5.27. The van der Waals surface area contributed by atoms with E-state index < -0.39 is 23.3 Å². The summed E-state index contributed by atoms with van der Waals surface area (Å²) in [7, 11) is 0. The lowest BCUT2D eigenvalue weighted by molar-refractivity contribution is -0.0717. The Labute approximate surface area is 210 Å². The largest absolute Gasteiger partial charge is 0.491 e. The van der Waals surface area contributed by atoms with Crippen LogP contribution in [0.4, 0.5) is 17.6 Å². The zero-order valence-electron chi connectivity index (χ0n) is 20.9. The maximum absolute atomic E-state index is 14.9. The van der Waals surface area contributed by atoms with Gasteiger partial charge >= 0.3 is 0 Å². The molecule has 7 heteroatoms. The zero-order chi connectivity index (χ0) is 25.7. The van der Waals surface area contributed by atoms with Gasteiger partial charge in [-0.15, -0.1) is 0 Å². The smallest absolute Gasteiger partial charge is 0.201 e. The number of benzene rings is 2. The molecule has 4 rings (SSSR count). The van der Waals surface area contributed by atoms with Crippen LogP contribution in [0.3, 0.4) is 0 Å². The molecule has 4 unspecified atom stereocenters. The van der Waals surface area contributed by atoms with Crippen molar-refractivity contribution >= 4 is 0 Å². The van der Waals surface area contributed by atoms with E-state index >= 15 is 0 Å². The van der Waals surface area contributed by atoms with Crippen LogP contribution >= 0.6 is 0 Å². The number of aryl methyl sites for hydroxylation is 1. The predicted molar refractivity (Wildman–Crippen MR) is 131 cm³/mol. The Morgan fingerprint density at radius 3 is 2.11 bits per heavy atom. The summed E-state index contributed by atoms with van der Waals surface area (Å²) in [4.78, 5) is 0. The molecule has 0 radical (unpaired) electrons. The van der Waals surface area contributed by atoms with Gasteiger partial charge in [-0.3, -0.25) is 0 Å². The highest BCUT2D eigenvalue weighted by molar-refractivity contribution is 5.66. The fourth-order valence-electron chi connectivity index (χ4n) is 5.27. The Kier molecular flexibility index (Phi) is 9.07. The summed E-state index contributed by atoms with van der Waals surface area (Å²) >= 11 is 0. The van der Waals surface area contributed by atoms with Gasteiger partial charge in [0.05, 0.1) is 32.0 Å². The molecule has 2 aliphatic heterocycles. The van der Waals surface area contributed by atoms with Crippen molar-refractivity contribution in [2.75, 3.05) is 19.8 Å². The van der Waals surface area contributed by atoms with Gasteiger partial charge < -0.3 is 14.2 Å². The lowest BCUT2D eigenvalue weighted by Gasteiger charge is -2.37. The van der Waals surface area contributed by atoms with Crippen molar-refractivity contribution in [2.45, 2.75) is 64.6 Å². The van der Waals surface area contributed by atoms with Crippen molar-refractivity contribution in [1.29, 1.82) is 0 Å². The van der Waals surface area contributed by atoms with Crippen LogP contribution in [0.1, 0.15) is 51.5 Å². The van der Waals surface area contributed by atoms with Crippen molar-refractivity contribution in [1.82, 2.24) is 0 Å². The molecule has 2 aliphatic rings. The minimum Gasteiger partial charge on any atom is -0.491 e. The van der Waals surface area contributed by atoms with Gasteiger partial charge in [0, 0.05) is 11.1 Å². The highest BCUT2D eigenvalue weighted by atomic mass is 19.2. The first-order valence-corrected chi connectivity index (χ1v) is 12.9. The van der Waals surface area contributed by atoms with Crippen LogP contribution < -0.4 is 4.74 Å². The van der Waals surface area contributed by atoms with Crippen molar-refractivity contribution in [3.05, 3.63) is 65.2 Å².